The van der Waals surface area contributed by atoms with Crippen molar-refractivity contribution in [1.82, 2.24) is 0 Å². The summed E-state index contributed by atoms with van der Waals surface area (Å²) in [5.41, 5.74) is 1.95. The van der Waals surface area contributed by atoms with Crippen molar-refractivity contribution in [1.29, 1.82) is 0 Å². The van der Waals surface area contributed by atoms with Gasteiger partial charge in [-0.2, -0.15) is 0 Å². The van der Waals surface area contributed by atoms with Crippen LogP contribution >= 0.6 is 0 Å². The lowest BCUT2D eigenvalue weighted by Gasteiger charge is -2.39. The molecule has 1 nitrogen and oxygen atoms in total. The summed E-state index contributed by atoms with van der Waals surface area (Å²) in [6.45, 7) is 7.27. The van der Waals surface area contributed by atoms with Crippen molar-refractivity contribution in [2.24, 2.45) is 16.7 Å². The summed E-state index contributed by atoms with van der Waals surface area (Å²) in [5, 5.41) is 10.1. The average Bonchev–Trinajstić information content (AvgIpc) is 2.62. The molecule has 92 valence electrons. The van der Waals surface area contributed by atoms with Crippen LogP contribution in [-0.2, 0) is 0 Å². The van der Waals surface area contributed by atoms with Crippen molar-refractivity contribution in [3.8, 4) is 5.75 Å². The Balaban J connectivity index is 2.06. The minimum atomic E-state index is 0.358. The summed E-state index contributed by atoms with van der Waals surface area (Å²) in [4.78, 5) is 0. The van der Waals surface area contributed by atoms with E-state index in [-0.39, 0.29) is 0 Å². The van der Waals surface area contributed by atoms with Gasteiger partial charge in [0.25, 0.3) is 0 Å². The number of fused-ring (bicyclic) bond motifs is 2. The molecule has 0 heterocycles. The molecule has 1 aromatic carbocycles. The number of phenolic OH excluding ortho intramolecular Hbond substituents is 1. The van der Waals surface area contributed by atoms with Crippen LogP contribution in [0.4, 0.5) is 0 Å². The molecule has 0 aromatic heterocycles. The van der Waals surface area contributed by atoms with Gasteiger partial charge < -0.3 is 5.11 Å². The third kappa shape index (κ3) is 1.26. The van der Waals surface area contributed by atoms with E-state index < -0.39 is 0 Å². The summed E-state index contributed by atoms with van der Waals surface area (Å²) in [6, 6.07) is 7.91. The highest BCUT2D eigenvalue weighted by Gasteiger charge is 2.61. The van der Waals surface area contributed by atoms with Crippen LogP contribution in [0.3, 0.4) is 0 Å². The zero-order valence-electron chi connectivity index (χ0n) is 11.0. The maximum Gasteiger partial charge on any atom is 0.119 e. The van der Waals surface area contributed by atoms with Crippen LogP contribution in [0.2, 0.25) is 0 Å². The Morgan fingerprint density at radius 2 is 1.88 bits per heavy atom. The molecule has 1 N–H and O–H groups in total. The fraction of sp³-hybridized carbons (Fsp3) is 0.625. The van der Waals surface area contributed by atoms with Gasteiger partial charge in [-0.3, -0.25) is 0 Å². The van der Waals surface area contributed by atoms with E-state index in [9.17, 15) is 5.11 Å². The van der Waals surface area contributed by atoms with Crippen molar-refractivity contribution in [2.45, 2.75) is 46.0 Å². The van der Waals surface area contributed by atoms with E-state index in [0.717, 1.165) is 5.92 Å². The Hall–Kier alpha value is -0.980. The lowest BCUT2D eigenvalue weighted by atomic mass is 9.65. The molecule has 0 radical (unpaired) electrons. The van der Waals surface area contributed by atoms with E-state index >= 15 is 0 Å². The molecule has 2 fully saturated rings. The highest BCUT2D eigenvalue weighted by atomic mass is 16.3. The first-order chi connectivity index (χ1) is 7.97. The minimum absolute atomic E-state index is 0.358. The summed E-state index contributed by atoms with van der Waals surface area (Å²) in [7, 11) is 0. The number of benzene rings is 1. The monoisotopic (exact) mass is 230 g/mol. The molecule has 2 bridgehead atoms. The Morgan fingerprint density at radius 3 is 2.41 bits per heavy atom. The average molecular weight is 230 g/mol. The molecular formula is C16H22O. The number of phenols is 1. The van der Waals surface area contributed by atoms with Crippen LogP contribution in [0.15, 0.2) is 24.3 Å². The molecule has 1 aromatic rings. The molecule has 17 heavy (non-hydrogen) atoms. The topological polar surface area (TPSA) is 20.2 Å². The van der Waals surface area contributed by atoms with E-state index in [2.05, 4.69) is 32.9 Å². The molecule has 0 amide bonds. The largest absolute Gasteiger partial charge is 0.508 e. The van der Waals surface area contributed by atoms with Gasteiger partial charge >= 0.3 is 0 Å². The van der Waals surface area contributed by atoms with Gasteiger partial charge in [0, 0.05) is 0 Å². The zero-order chi connectivity index (χ0) is 12.3. The molecule has 0 spiro atoms. The Morgan fingerprint density at radius 1 is 1.18 bits per heavy atom. The predicted octanol–water partition coefficient (Wildman–Crippen LogP) is 4.32. The van der Waals surface area contributed by atoms with E-state index in [1.54, 1.807) is 0 Å². The van der Waals surface area contributed by atoms with Gasteiger partial charge in [0.15, 0.2) is 0 Å². The van der Waals surface area contributed by atoms with Gasteiger partial charge in [-0.1, -0.05) is 39.0 Å². The molecule has 1 heteroatoms. The van der Waals surface area contributed by atoms with E-state index in [1.165, 1.54) is 24.8 Å². The highest BCUT2D eigenvalue weighted by Crippen LogP contribution is 2.71. The quantitative estimate of drug-likeness (QED) is 0.761. The second-order valence-electron chi connectivity index (χ2n) is 6.72. The second-order valence-corrected chi connectivity index (χ2v) is 6.72. The second kappa shape index (κ2) is 3.28. The number of rotatable bonds is 1. The molecule has 2 saturated carbocycles. The molecule has 3 atom stereocenters. The van der Waals surface area contributed by atoms with E-state index in [0.29, 0.717) is 22.5 Å². The smallest absolute Gasteiger partial charge is 0.119 e. The van der Waals surface area contributed by atoms with E-state index in [4.69, 9.17) is 0 Å². The Bertz CT molecular complexity index is 449. The molecule has 0 unspecified atom stereocenters. The Labute approximate surface area is 104 Å². The van der Waals surface area contributed by atoms with Crippen LogP contribution in [0.25, 0.3) is 0 Å². The van der Waals surface area contributed by atoms with Gasteiger partial charge in [0.05, 0.1) is 0 Å². The van der Waals surface area contributed by atoms with E-state index in [1.807, 2.05) is 12.1 Å². The van der Waals surface area contributed by atoms with Gasteiger partial charge in [-0.05, 0) is 53.6 Å². The summed E-state index contributed by atoms with van der Waals surface area (Å²) in [5.74, 6) is 1.86. The minimum Gasteiger partial charge on any atom is -0.508 e. The highest BCUT2D eigenvalue weighted by molar-refractivity contribution is 5.38. The van der Waals surface area contributed by atoms with Crippen LogP contribution in [-0.4, -0.2) is 5.11 Å². The number of para-hydroxylation sites is 1. The number of hydrogen-bond donors (Lipinski definition) is 1. The SMILES string of the molecule is CC1(C)[C@H]2CC[C@]1(C)[C@H](c1ccccc1O)C2. The first-order valence-electron chi connectivity index (χ1n) is 6.75. The van der Waals surface area contributed by atoms with Gasteiger partial charge in [0.1, 0.15) is 5.75 Å². The van der Waals surface area contributed by atoms with Crippen LogP contribution in [0.1, 0.15) is 51.5 Å². The molecule has 2 aliphatic rings. The summed E-state index contributed by atoms with van der Waals surface area (Å²) in [6.07, 6.45) is 3.93. The van der Waals surface area contributed by atoms with Gasteiger partial charge in [0.2, 0.25) is 0 Å². The number of hydrogen-bond acceptors (Lipinski definition) is 1. The first-order valence-corrected chi connectivity index (χ1v) is 6.75. The van der Waals surface area contributed by atoms with Crippen molar-refractivity contribution in [3.05, 3.63) is 29.8 Å². The first kappa shape index (κ1) is 11.1. The standard InChI is InChI=1S/C16H22O/c1-15(2)11-8-9-16(15,3)13(10-11)12-6-4-5-7-14(12)17/h4-7,11,13,17H,8-10H2,1-3H3/t11-,13-,16+/m0/s1. The maximum absolute atomic E-state index is 10.1. The normalized spacial score (nSPS) is 38.5. The third-order valence-electron chi connectivity index (χ3n) is 6.11. The number of aromatic hydroxyl groups is 1. The molecule has 0 aliphatic heterocycles. The predicted molar refractivity (Wildman–Crippen MR) is 70.1 cm³/mol. The fourth-order valence-corrected chi connectivity index (χ4v) is 4.46. The summed E-state index contributed by atoms with van der Waals surface area (Å²) < 4.78 is 0. The van der Waals surface area contributed by atoms with Crippen LogP contribution < -0.4 is 0 Å². The van der Waals surface area contributed by atoms with Crippen molar-refractivity contribution < 1.29 is 5.11 Å². The lowest BCUT2D eigenvalue weighted by Crippen LogP contribution is -2.31. The fourth-order valence-electron chi connectivity index (χ4n) is 4.46. The van der Waals surface area contributed by atoms with Crippen molar-refractivity contribution in [2.75, 3.05) is 0 Å². The van der Waals surface area contributed by atoms with Crippen molar-refractivity contribution >= 4 is 0 Å². The molecule has 2 aliphatic carbocycles. The third-order valence-corrected chi connectivity index (χ3v) is 6.11. The Kier molecular flexibility index (Phi) is 2.14. The lowest BCUT2D eigenvalue weighted by molar-refractivity contribution is 0.133. The summed E-state index contributed by atoms with van der Waals surface area (Å²) >= 11 is 0. The van der Waals surface area contributed by atoms with Gasteiger partial charge in [-0.25, -0.2) is 0 Å². The van der Waals surface area contributed by atoms with Crippen LogP contribution in [0.5, 0.6) is 5.75 Å². The molecular weight excluding hydrogens is 208 g/mol. The maximum atomic E-state index is 10.1. The van der Waals surface area contributed by atoms with Gasteiger partial charge in [-0.15, -0.1) is 0 Å². The van der Waals surface area contributed by atoms with Crippen molar-refractivity contribution in [3.63, 3.8) is 0 Å². The zero-order valence-corrected chi connectivity index (χ0v) is 11.0. The molecule has 0 saturated heterocycles. The molecule has 3 rings (SSSR count). The van der Waals surface area contributed by atoms with Crippen LogP contribution in [0, 0.1) is 16.7 Å².